The lowest BCUT2D eigenvalue weighted by molar-refractivity contribution is -0.122. The van der Waals surface area contributed by atoms with Gasteiger partial charge in [0.1, 0.15) is 11.8 Å². The van der Waals surface area contributed by atoms with Gasteiger partial charge in [-0.3, -0.25) is 9.59 Å². The van der Waals surface area contributed by atoms with E-state index >= 15 is 0 Å². The highest BCUT2D eigenvalue weighted by molar-refractivity contribution is 6.34. The number of carbonyl (C=O) groups excluding carboxylic acids is 2. The van der Waals surface area contributed by atoms with E-state index in [9.17, 15) is 9.59 Å². The maximum Gasteiger partial charge on any atom is 0.253 e. The second-order valence-corrected chi connectivity index (χ2v) is 7.98. The molecule has 0 bridgehead atoms. The van der Waals surface area contributed by atoms with E-state index < -0.39 is 6.04 Å². The third-order valence-corrected chi connectivity index (χ3v) is 5.69. The van der Waals surface area contributed by atoms with E-state index in [1.807, 2.05) is 67.6 Å². The molecule has 3 aromatic rings. The maximum absolute atomic E-state index is 13.0. The van der Waals surface area contributed by atoms with Crippen LogP contribution in [0.5, 0.6) is 5.75 Å². The van der Waals surface area contributed by atoms with E-state index in [0.29, 0.717) is 30.1 Å². The Bertz CT molecular complexity index is 1070. The normalized spacial score (nSPS) is 11.4. The molecule has 0 unspecified atom stereocenters. The molecule has 0 aliphatic rings. The third-order valence-electron chi connectivity index (χ3n) is 5.18. The SMILES string of the molecule is COc1ccc(NCCNC(=O)[C@H](Cc2ccccc2)NC(=O)c2cccc(C)c2Cl)cc1. The molecule has 0 saturated heterocycles. The number of anilines is 1. The molecule has 6 nitrogen and oxygen atoms in total. The van der Waals surface area contributed by atoms with Gasteiger partial charge in [0, 0.05) is 25.2 Å². The fourth-order valence-corrected chi connectivity index (χ4v) is 3.55. The monoisotopic (exact) mass is 465 g/mol. The van der Waals surface area contributed by atoms with E-state index in [4.69, 9.17) is 16.3 Å². The fraction of sp³-hybridized carbons (Fsp3) is 0.231. The zero-order chi connectivity index (χ0) is 23.6. The van der Waals surface area contributed by atoms with E-state index in [0.717, 1.165) is 22.6 Å². The Hall–Kier alpha value is -3.51. The summed E-state index contributed by atoms with van der Waals surface area (Å²) in [4.78, 5) is 25.8. The number of methoxy groups -OCH3 is 1. The molecule has 0 spiro atoms. The van der Waals surface area contributed by atoms with Crippen molar-refractivity contribution < 1.29 is 14.3 Å². The van der Waals surface area contributed by atoms with Gasteiger partial charge in [-0.15, -0.1) is 0 Å². The van der Waals surface area contributed by atoms with Crippen LogP contribution in [0.1, 0.15) is 21.5 Å². The molecule has 3 rings (SSSR count). The molecule has 0 fully saturated rings. The molecule has 0 aromatic heterocycles. The van der Waals surface area contributed by atoms with Crippen molar-refractivity contribution in [3.63, 3.8) is 0 Å². The Balaban J connectivity index is 1.62. The molecule has 7 heteroatoms. The second kappa shape index (κ2) is 11.9. The summed E-state index contributed by atoms with van der Waals surface area (Å²) in [7, 11) is 1.62. The Kier molecular flexibility index (Phi) is 8.72. The van der Waals surface area contributed by atoms with E-state index in [1.54, 1.807) is 19.2 Å². The second-order valence-electron chi connectivity index (χ2n) is 7.60. The summed E-state index contributed by atoms with van der Waals surface area (Å²) in [5.41, 5.74) is 3.03. The van der Waals surface area contributed by atoms with Crippen LogP contribution in [0.2, 0.25) is 5.02 Å². The van der Waals surface area contributed by atoms with Gasteiger partial charge >= 0.3 is 0 Å². The lowest BCUT2D eigenvalue weighted by Crippen LogP contribution is -2.49. The smallest absolute Gasteiger partial charge is 0.253 e. The zero-order valence-electron chi connectivity index (χ0n) is 18.7. The molecular weight excluding hydrogens is 438 g/mol. The molecule has 0 heterocycles. The van der Waals surface area contributed by atoms with E-state index in [1.165, 1.54) is 0 Å². The number of aryl methyl sites for hydroxylation is 1. The van der Waals surface area contributed by atoms with Crippen molar-refractivity contribution in [2.45, 2.75) is 19.4 Å². The van der Waals surface area contributed by atoms with Gasteiger partial charge in [-0.25, -0.2) is 0 Å². The van der Waals surface area contributed by atoms with Crippen molar-refractivity contribution >= 4 is 29.1 Å². The van der Waals surface area contributed by atoms with Crippen molar-refractivity contribution in [3.8, 4) is 5.75 Å². The first-order valence-electron chi connectivity index (χ1n) is 10.7. The van der Waals surface area contributed by atoms with Crippen LogP contribution in [0.3, 0.4) is 0 Å². The van der Waals surface area contributed by atoms with Crippen LogP contribution in [0.25, 0.3) is 0 Å². The summed E-state index contributed by atoms with van der Waals surface area (Å²) in [6.07, 6.45) is 0.369. The largest absolute Gasteiger partial charge is 0.497 e. The molecule has 0 aliphatic carbocycles. The van der Waals surface area contributed by atoms with Crippen molar-refractivity contribution in [2.24, 2.45) is 0 Å². The van der Waals surface area contributed by atoms with E-state index in [-0.39, 0.29) is 11.8 Å². The quantitative estimate of drug-likeness (QED) is 0.391. The van der Waals surface area contributed by atoms with Crippen LogP contribution < -0.4 is 20.7 Å². The van der Waals surface area contributed by atoms with Gasteiger partial charge in [-0.05, 0) is 48.4 Å². The number of nitrogens with one attached hydrogen (secondary N) is 3. The van der Waals surface area contributed by atoms with Crippen molar-refractivity contribution in [3.05, 3.63) is 94.5 Å². The molecule has 3 N–H and O–H groups in total. The maximum atomic E-state index is 13.0. The summed E-state index contributed by atoms with van der Waals surface area (Å²) in [5, 5.41) is 9.39. The topological polar surface area (TPSA) is 79.5 Å². The number of halogens is 1. The number of amides is 2. The minimum atomic E-state index is -0.738. The Morgan fingerprint density at radius 3 is 2.36 bits per heavy atom. The first-order chi connectivity index (χ1) is 16.0. The molecule has 0 aliphatic heterocycles. The molecular formula is C26H28ClN3O3. The number of carbonyl (C=O) groups is 2. The number of benzene rings is 3. The van der Waals surface area contributed by atoms with Crippen LogP contribution in [-0.2, 0) is 11.2 Å². The van der Waals surface area contributed by atoms with Crippen LogP contribution >= 0.6 is 11.6 Å². The molecule has 3 aromatic carbocycles. The number of hydrogen-bond donors (Lipinski definition) is 3. The van der Waals surface area contributed by atoms with Gasteiger partial charge in [0.25, 0.3) is 5.91 Å². The molecule has 33 heavy (non-hydrogen) atoms. The van der Waals surface area contributed by atoms with Crippen LogP contribution in [0, 0.1) is 6.92 Å². The highest BCUT2D eigenvalue weighted by Crippen LogP contribution is 2.20. The standard InChI is InChI=1S/C26H28ClN3O3/c1-18-7-6-10-22(24(18)27)25(31)30-23(17-19-8-4-3-5-9-19)26(32)29-16-15-28-20-11-13-21(33-2)14-12-20/h3-14,23,28H,15-17H2,1-2H3,(H,29,32)(H,30,31)/t23-/m0/s1. The number of hydrogen-bond acceptors (Lipinski definition) is 4. The first kappa shape index (κ1) is 24.1. The molecule has 172 valence electrons. The lowest BCUT2D eigenvalue weighted by atomic mass is 10.0. The van der Waals surface area contributed by atoms with Crippen molar-refractivity contribution in [1.82, 2.24) is 10.6 Å². The zero-order valence-corrected chi connectivity index (χ0v) is 19.5. The highest BCUT2D eigenvalue weighted by Gasteiger charge is 2.23. The van der Waals surface area contributed by atoms with Crippen LogP contribution in [0.4, 0.5) is 5.69 Å². The highest BCUT2D eigenvalue weighted by atomic mass is 35.5. The average Bonchev–Trinajstić information content (AvgIpc) is 2.84. The first-order valence-corrected chi connectivity index (χ1v) is 11.1. The van der Waals surface area contributed by atoms with Crippen molar-refractivity contribution in [1.29, 1.82) is 0 Å². The molecule has 0 radical (unpaired) electrons. The number of ether oxygens (including phenoxy) is 1. The summed E-state index contributed by atoms with van der Waals surface area (Å²) in [6.45, 7) is 2.77. The Morgan fingerprint density at radius 1 is 0.939 bits per heavy atom. The summed E-state index contributed by atoms with van der Waals surface area (Å²) in [6, 6.07) is 21.6. The predicted molar refractivity (Wildman–Crippen MR) is 132 cm³/mol. The molecule has 1 atom stereocenters. The lowest BCUT2D eigenvalue weighted by Gasteiger charge is -2.19. The summed E-state index contributed by atoms with van der Waals surface area (Å²) >= 11 is 6.31. The van der Waals surface area contributed by atoms with Gasteiger partial charge in [0.15, 0.2) is 0 Å². The van der Waals surface area contributed by atoms with Gasteiger partial charge in [0.05, 0.1) is 17.7 Å². The summed E-state index contributed by atoms with van der Waals surface area (Å²) < 4.78 is 5.15. The number of rotatable bonds is 10. The van der Waals surface area contributed by atoms with Crippen LogP contribution in [-0.4, -0.2) is 38.1 Å². The minimum absolute atomic E-state index is 0.257. The average molecular weight is 466 g/mol. The molecule has 0 saturated carbocycles. The van der Waals surface area contributed by atoms with Crippen molar-refractivity contribution in [2.75, 3.05) is 25.5 Å². The van der Waals surface area contributed by atoms with E-state index in [2.05, 4.69) is 16.0 Å². The van der Waals surface area contributed by atoms with Gasteiger partial charge in [0.2, 0.25) is 5.91 Å². The van der Waals surface area contributed by atoms with Gasteiger partial charge in [-0.1, -0.05) is 54.1 Å². The Labute approximate surface area is 199 Å². The van der Waals surface area contributed by atoms with Gasteiger partial charge in [-0.2, -0.15) is 0 Å². The summed E-state index contributed by atoms with van der Waals surface area (Å²) in [5.74, 6) is 0.144. The fourth-order valence-electron chi connectivity index (χ4n) is 3.34. The predicted octanol–water partition coefficient (Wildman–Crippen LogP) is 4.23. The Morgan fingerprint density at radius 2 is 1.67 bits per heavy atom. The van der Waals surface area contributed by atoms with Gasteiger partial charge < -0.3 is 20.7 Å². The third kappa shape index (κ3) is 6.99. The minimum Gasteiger partial charge on any atom is -0.497 e. The molecule has 2 amide bonds. The van der Waals surface area contributed by atoms with Crippen LogP contribution in [0.15, 0.2) is 72.8 Å².